The lowest BCUT2D eigenvalue weighted by Gasteiger charge is -2.07. The van der Waals surface area contributed by atoms with Crippen molar-refractivity contribution >= 4 is 46.1 Å². The minimum atomic E-state index is 1.07. The van der Waals surface area contributed by atoms with Gasteiger partial charge in [-0.05, 0) is 66.8 Å². The fourth-order valence-corrected chi connectivity index (χ4v) is 5.02. The summed E-state index contributed by atoms with van der Waals surface area (Å²) in [6, 6.07) is 31.2. The third kappa shape index (κ3) is 5.94. The highest BCUT2D eigenvalue weighted by Gasteiger charge is 2.11. The molecule has 1 nitrogen and oxygen atoms in total. The average molecular weight is 484 g/mol. The molecule has 0 aliphatic rings. The molecular weight excluding hydrogens is 446 g/mol. The number of fused-ring (bicyclic) bond motifs is 3. The lowest BCUT2D eigenvalue weighted by Crippen LogP contribution is -1.97. The summed E-state index contributed by atoms with van der Waals surface area (Å²) in [6.07, 6.45) is 14.0. The smallest absolute Gasteiger partial charge is 0.0491 e. The predicted molar refractivity (Wildman–Crippen MR) is 164 cm³/mol. The van der Waals surface area contributed by atoms with Crippen LogP contribution in [0.3, 0.4) is 0 Å². The maximum atomic E-state index is 2.53. The molecule has 0 saturated heterocycles. The molecule has 0 bridgehead atoms. The molecular formula is C36H37N. The number of benzene rings is 4. The van der Waals surface area contributed by atoms with E-state index in [2.05, 4.69) is 135 Å². The Morgan fingerprint density at radius 2 is 0.946 bits per heavy atom. The van der Waals surface area contributed by atoms with E-state index in [9.17, 15) is 0 Å². The molecule has 0 saturated carbocycles. The first-order valence-electron chi connectivity index (χ1n) is 13.7. The molecule has 1 heterocycles. The summed E-state index contributed by atoms with van der Waals surface area (Å²) in [6.45, 7) is 7.60. The second-order valence-electron chi connectivity index (χ2n) is 10.3. The quantitative estimate of drug-likeness (QED) is 0.145. The average Bonchev–Trinajstić information content (AvgIpc) is 3.22. The van der Waals surface area contributed by atoms with Crippen molar-refractivity contribution in [1.29, 1.82) is 0 Å². The van der Waals surface area contributed by atoms with E-state index in [1.165, 1.54) is 80.9 Å². The summed E-state index contributed by atoms with van der Waals surface area (Å²) < 4.78 is 2.53. The Balaban J connectivity index is 1.53. The van der Waals surface area contributed by atoms with Crippen molar-refractivity contribution in [2.75, 3.05) is 0 Å². The monoisotopic (exact) mass is 483 g/mol. The first-order chi connectivity index (χ1) is 18.1. The molecule has 0 fully saturated rings. The van der Waals surface area contributed by atoms with Gasteiger partial charge in [0.1, 0.15) is 0 Å². The maximum Gasteiger partial charge on any atom is 0.0491 e. The van der Waals surface area contributed by atoms with E-state index in [1.54, 1.807) is 0 Å². The van der Waals surface area contributed by atoms with Crippen LogP contribution in [0.15, 0.2) is 84.9 Å². The van der Waals surface area contributed by atoms with Crippen molar-refractivity contribution in [3.05, 3.63) is 118 Å². The van der Waals surface area contributed by atoms with Crippen LogP contribution in [0.2, 0.25) is 0 Å². The second kappa shape index (κ2) is 11.5. The fourth-order valence-electron chi connectivity index (χ4n) is 5.02. The molecule has 5 rings (SSSR count). The van der Waals surface area contributed by atoms with Crippen LogP contribution in [0, 0.1) is 13.8 Å². The number of hydrogen-bond acceptors (Lipinski definition) is 0. The van der Waals surface area contributed by atoms with Gasteiger partial charge in [-0.2, -0.15) is 0 Å². The summed E-state index contributed by atoms with van der Waals surface area (Å²) in [5.41, 5.74) is 10.2. The number of nitrogens with zero attached hydrogens (tertiary/aromatic N) is 1. The molecule has 0 atom stereocenters. The highest BCUT2D eigenvalue weighted by atomic mass is 15.0. The lowest BCUT2D eigenvalue weighted by atomic mass is 10.0. The summed E-state index contributed by atoms with van der Waals surface area (Å²) in [4.78, 5) is 0. The first kappa shape index (κ1) is 24.8. The number of aromatic nitrogens is 1. The van der Waals surface area contributed by atoms with Crippen molar-refractivity contribution in [3.63, 3.8) is 0 Å². The van der Waals surface area contributed by atoms with Crippen LogP contribution in [0.1, 0.15) is 66.0 Å². The number of unbranched alkanes of at least 4 members (excludes halogenated alkanes) is 3. The van der Waals surface area contributed by atoms with E-state index in [4.69, 9.17) is 0 Å². The van der Waals surface area contributed by atoms with Crippen LogP contribution in [-0.4, -0.2) is 4.57 Å². The Morgan fingerprint density at radius 1 is 0.514 bits per heavy atom. The van der Waals surface area contributed by atoms with Crippen molar-refractivity contribution in [3.8, 4) is 0 Å². The fraction of sp³-hybridized carbons (Fsp3) is 0.222. The van der Waals surface area contributed by atoms with Gasteiger partial charge in [-0.25, -0.2) is 0 Å². The van der Waals surface area contributed by atoms with Crippen molar-refractivity contribution < 1.29 is 0 Å². The van der Waals surface area contributed by atoms with Gasteiger partial charge in [-0.3, -0.25) is 0 Å². The molecule has 37 heavy (non-hydrogen) atoms. The second-order valence-corrected chi connectivity index (χ2v) is 10.3. The van der Waals surface area contributed by atoms with Crippen molar-refractivity contribution in [2.45, 2.75) is 53.0 Å². The Hall–Kier alpha value is -3.84. The van der Waals surface area contributed by atoms with Gasteiger partial charge in [0.2, 0.25) is 0 Å². The number of aryl methyl sites for hydroxylation is 3. The zero-order valence-electron chi connectivity index (χ0n) is 22.4. The van der Waals surface area contributed by atoms with Crippen LogP contribution in [0.5, 0.6) is 0 Å². The van der Waals surface area contributed by atoms with Gasteiger partial charge >= 0.3 is 0 Å². The summed E-state index contributed by atoms with van der Waals surface area (Å²) in [5.74, 6) is 0. The van der Waals surface area contributed by atoms with E-state index >= 15 is 0 Å². The third-order valence-corrected chi connectivity index (χ3v) is 7.24. The summed E-state index contributed by atoms with van der Waals surface area (Å²) >= 11 is 0. The first-order valence-corrected chi connectivity index (χ1v) is 13.7. The number of hydrogen-bond donors (Lipinski definition) is 0. The molecule has 0 aliphatic heterocycles. The minimum Gasteiger partial charge on any atom is -0.340 e. The standard InChI is InChI=1S/C36H37N/c1-4-5-6-7-24-37-35-22-20-31(18-16-29-12-8-27(2)9-13-29)25-33(35)34-26-32(21-23-36(34)37)19-17-30-14-10-28(3)11-15-30/h8-23,25-26H,4-7,24H2,1-3H3. The topological polar surface area (TPSA) is 4.93 Å². The van der Waals surface area contributed by atoms with Crippen molar-refractivity contribution in [1.82, 2.24) is 4.57 Å². The Morgan fingerprint density at radius 3 is 1.41 bits per heavy atom. The lowest BCUT2D eigenvalue weighted by molar-refractivity contribution is 0.602. The summed E-state index contributed by atoms with van der Waals surface area (Å²) in [7, 11) is 0. The molecule has 1 aromatic heterocycles. The van der Waals surface area contributed by atoms with Crippen LogP contribution < -0.4 is 0 Å². The SMILES string of the molecule is CCCCCCn1c2ccc(C=Cc3ccc(C)cc3)cc2c2cc(C=Cc3ccc(C)cc3)ccc21. The largest absolute Gasteiger partial charge is 0.340 e. The highest BCUT2D eigenvalue weighted by molar-refractivity contribution is 6.09. The summed E-state index contributed by atoms with van der Waals surface area (Å²) in [5, 5.41) is 2.67. The molecule has 0 unspecified atom stereocenters. The highest BCUT2D eigenvalue weighted by Crippen LogP contribution is 2.32. The van der Waals surface area contributed by atoms with E-state index in [1.807, 2.05) is 0 Å². The van der Waals surface area contributed by atoms with Gasteiger partial charge in [-0.1, -0.05) is 122 Å². The van der Waals surface area contributed by atoms with Crippen LogP contribution in [0.4, 0.5) is 0 Å². The van der Waals surface area contributed by atoms with Gasteiger partial charge < -0.3 is 4.57 Å². The zero-order chi connectivity index (χ0) is 25.6. The molecule has 5 aromatic rings. The molecule has 186 valence electrons. The van der Waals surface area contributed by atoms with Gasteiger partial charge in [0.15, 0.2) is 0 Å². The zero-order valence-corrected chi connectivity index (χ0v) is 22.4. The Bertz CT molecular complexity index is 1430. The molecule has 0 radical (unpaired) electrons. The normalized spacial score (nSPS) is 12.0. The van der Waals surface area contributed by atoms with Crippen LogP contribution in [-0.2, 0) is 6.54 Å². The third-order valence-electron chi connectivity index (χ3n) is 7.24. The van der Waals surface area contributed by atoms with E-state index in [0.717, 1.165) is 6.54 Å². The molecule has 0 N–H and O–H groups in total. The Labute approximate surface area is 221 Å². The van der Waals surface area contributed by atoms with Crippen LogP contribution in [0.25, 0.3) is 46.1 Å². The molecule has 0 spiro atoms. The van der Waals surface area contributed by atoms with Gasteiger partial charge in [0, 0.05) is 28.4 Å². The van der Waals surface area contributed by atoms with Gasteiger partial charge in [-0.15, -0.1) is 0 Å². The number of rotatable bonds is 9. The van der Waals surface area contributed by atoms with Gasteiger partial charge in [0.25, 0.3) is 0 Å². The van der Waals surface area contributed by atoms with Crippen LogP contribution >= 0.6 is 0 Å². The van der Waals surface area contributed by atoms with E-state index in [0.29, 0.717) is 0 Å². The molecule has 1 heteroatoms. The molecule has 0 aliphatic carbocycles. The molecule has 4 aromatic carbocycles. The van der Waals surface area contributed by atoms with Crippen molar-refractivity contribution in [2.24, 2.45) is 0 Å². The van der Waals surface area contributed by atoms with E-state index in [-0.39, 0.29) is 0 Å². The maximum absolute atomic E-state index is 2.53. The van der Waals surface area contributed by atoms with Gasteiger partial charge in [0.05, 0.1) is 0 Å². The predicted octanol–water partition coefficient (Wildman–Crippen LogP) is 10.3. The molecule has 0 amide bonds. The minimum absolute atomic E-state index is 1.07. The van der Waals surface area contributed by atoms with E-state index < -0.39 is 0 Å². The Kier molecular flexibility index (Phi) is 7.70.